The van der Waals surface area contributed by atoms with E-state index in [0.717, 1.165) is 0 Å². The standard InChI is InChI=1S/C12H16FNO3/c1-16-11-6-12(17-2)9(5-8(11)7-13)10(15)3-4-14/h5-6H,3-4,7,14H2,1-2H3. The molecule has 1 aromatic rings. The van der Waals surface area contributed by atoms with Crippen LogP contribution in [0.1, 0.15) is 22.3 Å². The molecule has 2 N–H and O–H groups in total. The van der Waals surface area contributed by atoms with Gasteiger partial charge in [-0.2, -0.15) is 0 Å². The lowest BCUT2D eigenvalue weighted by molar-refractivity contribution is 0.0982. The molecule has 0 aliphatic rings. The lowest BCUT2D eigenvalue weighted by Crippen LogP contribution is -2.10. The second-order valence-corrected chi connectivity index (χ2v) is 3.46. The Morgan fingerprint density at radius 2 is 1.94 bits per heavy atom. The van der Waals surface area contributed by atoms with Gasteiger partial charge in [-0.25, -0.2) is 4.39 Å². The highest BCUT2D eigenvalue weighted by molar-refractivity contribution is 5.99. The monoisotopic (exact) mass is 241 g/mol. The number of methoxy groups -OCH3 is 2. The van der Waals surface area contributed by atoms with Crippen molar-refractivity contribution >= 4 is 5.78 Å². The van der Waals surface area contributed by atoms with Gasteiger partial charge in [-0.15, -0.1) is 0 Å². The van der Waals surface area contributed by atoms with E-state index in [4.69, 9.17) is 15.2 Å². The van der Waals surface area contributed by atoms with E-state index in [9.17, 15) is 9.18 Å². The van der Waals surface area contributed by atoms with Gasteiger partial charge in [0.25, 0.3) is 0 Å². The molecule has 0 aliphatic carbocycles. The summed E-state index contributed by atoms with van der Waals surface area (Å²) in [7, 11) is 2.89. The van der Waals surface area contributed by atoms with Crippen LogP contribution in [-0.2, 0) is 6.67 Å². The third kappa shape index (κ3) is 2.94. The second-order valence-electron chi connectivity index (χ2n) is 3.46. The summed E-state index contributed by atoms with van der Waals surface area (Å²) in [6, 6.07) is 2.97. The molecule has 0 amide bonds. The molecule has 0 saturated carbocycles. The summed E-state index contributed by atoms with van der Waals surface area (Å²) >= 11 is 0. The summed E-state index contributed by atoms with van der Waals surface area (Å²) in [5.41, 5.74) is 5.99. The highest BCUT2D eigenvalue weighted by Crippen LogP contribution is 2.30. The Morgan fingerprint density at radius 3 is 2.41 bits per heavy atom. The van der Waals surface area contributed by atoms with Crippen LogP contribution in [0.5, 0.6) is 11.5 Å². The molecule has 1 rings (SSSR count). The topological polar surface area (TPSA) is 61.5 Å². The van der Waals surface area contributed by atoms with Crippen molar-refractivity contribution in [3.05, 3.63) is 23.3 Å². The summed E-state index contributed by atoms with van der Waals surface area (Å²) in [5.74, 6) is 0.577. The summed E-state index contributed by atoms with van der Waals surface area (Å²) in [6.45, 7) is -0.449. The van der Waals surface area contributed by atoms with Gasteiger partial charge in [-0.3, -0.25) is 4.79 Å². The van der Waals surface area contributed by atoms with E-state index in [1.807, 2.05) is 0 Å². The first-order valence-corrected chi connectivity index (χ1v) is 5.22. The number of halogens is 1. The van der Waals surface area contributed by atoms with Crippen molar-refractivity contribution < 1.29 is 18.7 Å². The van der Waals surface area contributed by atoms with Crippen molar-refractivity contribution in [1.82, 2.24) is 0 Å². The van der Waals surface area contributed by atoms with Gasteiger partial charge in [0, 0.05) is 18.1 Å². The van der Waals surface area contributed by atoms with Crippen LogP contribution < -0.4 is 15.2 Å². The van der Waals surface area contributed by atoms with E-state index < -0.39 is 6.67 Å². The molecule has 0 bridgehead atoms. The van der Waals surface area contributed by atoms with Crippen LogP contribution in [0, 0.1) is 0 Å². The van der Waals surface area contributed by atoms with E-state index in [-0.39, 0.29) is 18.7 Å². The Labute approximate surface area is 99.5 Å². The molecule has 0 spiro atoms. The van der Waals surface area contributed by atoms with Crippen molar-refractivity contribution in [2.75, 3.05) is 20.8 Å². The third-order valence-electron chi connectivity index (χ3n) is 2.42. The molecule has 0 aliphatic heterocycles. The van der Waals surface area contributed by atoms with Gasteiger partial charge < -0.3 is 15.2 Å². The first kappa shape index (κ1) is 13.4. The molecular formula is C12H16FNO3. The zero-order chi connectivity index (χ0) is 12.8. The molecule has 0 radical (unpaired) electrons. The number of hydrogen-bond acceptors (Lipinski definition) is 4. The lowest BCUT2D eigenvalue weighted by atomic mass is 10.0. The van der Waals surface area contributed by atoms with Crippen LogP contribution in [0.25, 0.3) is 0 Å². The fraction of sp³-hybridized carbons (Fsp3) is 0.417. The number of ether oxygens (including phenoxy) is 2. The molecule has 0 unspecified atom stereocenters. The average molecular weight is 241 g/mol. The molecular weight excluding hydrogens is 225 g/mol. The van der Waals surface area contributed by atoms with Crippen molar-refractivity contribution in [2.45, 2.75) is 13.1 Å². The van der Waals surface area contributed by atoms with Crippen LogP contribution in [0.2, 0.25) is 0 Å². The van der Waals surface area contributed by atoms with Crippen LogP contribution >= 0.6 is 0 Å². The summed E-state index contributed by atoms with van der Waals surface area (Å²) in [6.07, 6.45) is 0.203. The Bertz CT molecular complexity index is 407. The maximum Gasteiger partial charge on any atom is 0.167 e. The summed E-state index contributed by atoms with van der Waals surface area (Å²) < 4.78 is 22.9. The smallest absolute Gasteiger partial charge is 0.167 e. The van der Waals surface area contributed by atoms with Crippen LogP contribution in [0.3, 0.4) is 0 Å². The number of alkyl halides is 1. The number of benzene rings is 1. The Hall–Kier alpha value is -1.62. The van der Waals surface area contributed by atoms with Gasteiger partial charge in [-0.05, 0) is 12.6 Å². The van der Waals surface area contributed by atoms with Crippen molar-refractivity contribution in [3.63, 3.8) is 0 Å². The molecule has 0 saturated heterocycles. The molecule has 0 heterocycles. The predicted molar refractivity (Wildman–Crippen MR) is 62.4 cm³/mol. The van der Waals surface area contributed by atoms with E-state index >= 15 is 0 Å². The minimum Gasteiger partial charge on any atom is -0.496 e. The van der Waals surface area contributed by atoms with Gasteiger partial charge in [-0.1, -0.05) is 0 Å². The van der Waals surface area contributed by atoms with Gasteiger partial charge in [0.05, 0.1) is 19.8 Å². The number of ketones is 1. The Morgan fingerprint density at radius 1 is 1.29 bits per heavy atom. The minimum atomic E-state index is -0.698. The van der Waals surface area contributed by atoms with Crippen molar-refractivity contribution in [2.24, 2.45) is 5.73 Å². The zero-order valence-electron chi connectivity index (χ0n) is 9.96. The van der Waals surface area contributed by atoms with Gasteiger partial charge in [0.15, 0.2) is 5.78 Å². The normalized spacial score (nSPS) is 10.1. The molecule has 0 atom stereocenters. The number of Topliss-reactive ketones (excluding diaryl/α,β-unsaturated/α-hetero) is 1. The van der Waals surface area contributed by atoms with Gasteiger partial charge >= 0.3 is 0 Å². The quantitative estimate of drug-likeness (QED) is 0.770. The zero-order valence-corrected chi connectivity index (χ0v) is 9.96. The lowest BCUT2D eigenvalue weighted by Gasteiger charge is -2.12. The molecule has 5 heteroatoms. The number of hydrogen-bond donors (Lipinski definition) is 1. The molecule has 1 aromatic carbocycles. The van der Waals surface area contributed by atoms with Crippen molar-refractivity contribution in [1.29, 1.82) is 0 Å². The van der Waals surface area contributed by atoms with E-state index in [1.54, 1.807) is 0 Å². The fourth-order valence-corrected chi connectivity index (χ4v) is 1.55. The first-order chi connectivity index (χ1) is 8.17. The predicted octanol–water partition coefficient (Wildman–Crippen LogP) is 1.70. The fourth-order valence-electron chi connectivity index (χ4n) is 1.55. The molecule has 0 aromatic heterocycles. The second kappa shape index (κ2) is 6.20. The number of rotatable bonds is 6. The summed E-state index contributed by atoms with van der Waals surface area (Å²) in [4.78, 5) is 11.8. The van der Waals surface area contributed by atoms with E-state index in [0.29, 0.717) is 22.6 Å². The van der Waals surface area contributed by atoms with E-state index in [2.05, 4.69) is 0 Å². The Kier molecular flexibility index (Phi) is 4.90. The Balaban J connectivity index is 3.23. The maximum absolute atomic E-state index is 12.8. The average Bonchev–Trinajstić information content (AvgIpc) is 2.37. The highest BCUT2D eigenvalue weighted by Gasteiger charge is 2.16. The van der Waals surface area contributed by atoms with Gasteiger partial charge in [0.1, 0.15) is 18.2 Å². The minimum absolute atomic E-state index is 0.165. The summed E-state index contributed by atoms with van der Waals surface area (Å²) in [5, 5.41) is 0. The third-order valence-corrected chi connectivity index (χ3v) is 2.42. The molecule has 0 fully saturated rings. The number of carbonyl (C=O) groups is 1. The maximum atomic E-state index is 12.8. The van der Waals surface area contributed by atoms with Crippen LogP contribution in [-0.4, -0.2) is 26.5 Å². The first-order valence-electron chi connectivity index (χ1n) is 5.22. The molecule has 17 heavy (non-hydrogen) atoms. The molecule has 4 nitrogen and oxygen atoms in total. The number of carbonyl (C=O) groups excluding carboxylic acids is 1. The van der Waals surface area contributed by atoms with Gasteiger partial charge in [0.2, 0.25) is 0 Å². The number of nitrogens with two attached hydrogens (primary N) is 1. The largest absolute Gasteiger partial charge is 0.496 e. The highest BCUT2D eigenvalue weighted by atomic mass is 19.1. The molecule has 94 valence electrons. The SMILES string of the molecule is COc1cc(OC)c(C(=O)CCN)cc1CF. The van der Waals surface area contributed by atoms with Crippen LogP contribution in [0.15, 0.2) is 12.1 Å². The van der Waals surface area contributed by atoms with Crippen molar-refractivity contribution in [3.8, 4) is 11.5 Å². The van der Waals surface area contributed by atoms with E-state index in [1.165, 1.54) is 26.4 Å². The van der Waals surface area contributed by atoms with Crippen LogP contribution in [0.4, 0.5) is 4.39 Å².